The summed E-state index contributed by atoms with van der Waals surface area (Å²) >= 11 is 0. The number of hydrogen-bond donors (Lipinski definition) is 2. The van der Waals surface area contributed by atoms with Crippen LogP contribution >= 0.6 is 0 Å². The number of aromatic nitrogens is 2. The maximum absolute atomic E-state index is 13.3. The molecule has 12 heteroatoms. The van der Waals surface area contributed by atoms with Gasteiger partial charge >= 0.3 is 6.09 Å². The van der Waals surface area contributed by atoms with Gasteiger partial charge in [0.15, 0.2) is 9.84 Å². The quantitative estimate of drug-likeness (QED) is 0.295. The maximum Gasteiger partial charge on any atom is 0.410 e. The number of hydrogen-bond acceptors (Lipinski definition) is 9. The third kappa shape index (κ3) is 8.66. The molecule has 0 radical (unpaired) electrons. The Kier molecular flexibility index (Phi) is 9.93. The highest BCUT2D eigenvalue weighted by molar-refractivity contribution is 7.90. The molecule has 1 saturated carbocycles. The smallest absolute Gasteiger partial charge is 0.410 e. The predicted octanol–water partition coefficient (Wildman–Crippen LogP) is 5.72. The molecule has 2 fully saturated rings. The number of aryl methyl sites for hydroxylation is 2. The molecule has 2 N–H and O–H groups in total. The third-order valence-electron chi connectivity index (χ3n) is 8.54. The highest BCUT2D eigenvalue weighted by Gasteiger charge is 2.33. The van der Waals surface area contributed by atoms with Gasteiger partial charge in [0.1, 0.15) is 11.4 Å². The average molecular weight is 663 g/mol. The molecule has 2 aromatic heterocycles. The Morgan fingerprint density at radius 3 is 2.40 bits per heavy atom. The van der Waals surface area contributed by atoms with Gasteiger partial charge in [0, 0.05) is 56.4 Å². The monoisotopic (exact) mass is 662 g/mol. The van der Waals surface area contributed by atoms with Gasteiger partial charge in [-0.25, -0.2) is 18.2 Å². The minimum atomic E-state index is -3.75. The Bertz CT molecular complexity index is 1730. The topological polar surface area (TPSA) is 134 Å². The van der Waals surface area contributed by atoms with E-state index in [0.717, 1.165) is 17.5 Å². The van der Waals surface area contributed by atoms with Crippen molar-refractivity contribution in [2.45, 2.75) is 82.9 Å². The molecule has 11 nitrogen and oxygen atoms in total. The molecule has 252 valence electrons. The van der Waals surface area contributed by atoms with Crippen LogP contribution in [0.2, 0.25) is 0 Å². The molecule has 0 spiro atoms. The van der Waals surface area contributed by atoms with Crippen LogP contribution < -0.4 is 10.6 Å². The van der Waals surface area contributed by atoms with Gasteiger partial charge in [-0.1, -0.05) is 12.1 Å². The lowest BCUT2D eigenvalue weighted by Gasteiger charge is -2.41. The van der Waals surface area contributed by atoms with Crippen LogP contribution in [0.4, 0.5) is 16.3 Å². The van der Waals surface area contributed by atoms with Crippen LogP contribution in [-0.2, 0) is 14.6 Å². The van der Waals surface area contributed by atoms with Gasteiger partial charge in [-0.3, -0.25) is 14.7 Å². The van der Waals surface area contributed by atoms with Crippen molar-refractivity contribution >= 4 is 33.3 Å². The van der Waals surface area contributed by atoms with E-state index < -0.39 is 21.3 Å². The van der Waals surface area contributed by atoms with Crippen LogP contribution in [0.3, 0.4) is 0 Å². The van der Waals surface area contributed by atoms with Crippen LogP contribution in [0, 0.1) is 13.8 Å². The highest BCUT2D eigenvalue weighted by atomic mass is 32.2. The fourth-order valence-corrected chi connectivity index (χ4v) is 6.72. The number of sulfone groups is 1. The molecule has 1 unspecified atom stereocenters. The molecule has 3 aromatic rings. The highest BCUT2D eigenvalue weighted by Crippen LogP contribution is 2.40. The summed E-state index contributed by atoms with van der Waals surface area (Å²) in [5, 5.41) is 6.31. The number of pyridine rings is 2. The molecule has 2 atom stereocenters. The van der Waals surface area contributed by atoms with Crippen molar-refractivity contribution in [2.75, 3.05) is 43.1 Å². The number of carbonyl (C=O) groups is 2. The Balaban J connectivity index is 1.42. The number of amides is 2. The Labute approximate surface area is 278 Å². The zero-order chi connectivity index (χ0) is 34.1. The molecule has 2 aliphatic rings. The number of carbonyl (C=O) groups excluding carboxylic acids is 2. The van der Waals surface area contributed by atoms with E-state index in [0.29, 0.717) is 49.2 Å². The van der Waals surface area contributed by atoms with Gasteiger partial charge in [-0.05, 0) is 101 Å². The Morgan fingerprint density at radius 1 is 1.06 bits per heavy atom. The first-order valence-corrected chi connectivity index (χ1v) is 18.0. The summed E-state index contributed by atoms with van der Waals surface area (Å²) in [6.07, 6.45) is 6.66. The number of benzene rings is 1. The molecule has 0 bridgehead atoms. The first-order chi connectivity index (χ1) is 22.1. The number of piperazine rings is 1. The second-order valence-electron chi connectivity index (χ2n) is 13.8. The van der Waals surface area contributed by atoms with Crippen molar-refractivity contribution in [2.24, 2.45) is 0 Å². The molecule has 1 aromatic carbocycles. The van der Waals surface area contributed by atoms with E-state index in [4.69, 9.17) is 9.72 Å². The van der Waals surface area contributed by atoms with Crippen LogP contribution in [-0.4, -0.2) is 84.3 Å². The summed E-state index contributed by atoms with van der Waals surface area (Å²) in [6.45, 7) is 13.5. The van der Waals surface area contributed by atoms with Gasteiger partial charge in [-0.15, -0.1) is 0 Å². The van der Waals surface area contributed by atoms with Gasteiger partial charge in [0.05, 0.1) is 22.3 Å². The molecule has 2 amide bonds. The predicted molar refractivity (Wildman–Crippen MR) is 183 cm³/mol. The van der Waals surface area contributed by atoms with Crippen molar-refractivity contribution in [3.05, 3.63) is 76.7 Å². The number of ether oxygens (including phenoxy) is 1. The molecule has 47 heavy (non-hydrogen) atoms. The standard InChI is InChI=1S/C35H46N6O5S/c1-22-9-8-14-36-32(22)39-33(42)27-18-31(47(7,44)45)29(17-23(27)2)38-30(28-13-12-26(19-37-28)25-10-11-25)21-40-15-16-41(24(3)20-40)34(43)46-35(4,5)6/h8-9,12-14,17-19,24-25,30,38H,10-11,15-16,20-21H2,1-7H3,(H,36,39,42)/t24-,30?/m1/s1. The summed E-state index contributed by atoms with van der Waals surface area (Å²) in [7, 11) is -3.75. The lowest BCUT2D eigenvalue weighted by molar-refractivity contribution is 0.00105. The van der Waals surface area contributed by atoms with E-state index in [1.54, 1.807) is 30.2 Å². The number of rotatable bonds is 9. The van der Waals surface area contributed by atoms with Crippen molar-refractivity contribution < 1.29 is 22.7 Å². The minimum absolute atomic E-state index is 0.0220. The normalized spacial score (nSPS) is 18.0. The van der Waals surface area contributed by atoms with Crippen LogP contribution in [0.25, 0.3) is 0 Å². The summed E-state index contributed by atoms with van der Waals surface area (Å²) < 4.78 is 32.0. The van der Waals surface area contributed by atoms with E-state index in [9.17, 15) is 18.0 Å². The van der Waals surface area contributed by atoms with Crippen molar-refractivity contribution in [1.82, 2.24) is 19.8 Å². The first kappa shape index (κ1) is 34.3. The van der Waals surface area contributed by atoms with Crippen molar-refractivity contribution in [3.8, 4) is 0 Å². The lowest BCUT2D eigenvalue weighted by Crippen LogP contribution is -2.55. The summed E-state index contributed by atoms with van der Waals surface area (Å²) in [5.41, 5.74) is 3.46. The largest absolute Gasteiger partial charge is 0.444 e. The number of nitrogens with zero attached hydrogens (tertiary/aromatic N) is 4. The number of nitrogens with one attached hydrogen (secondary N) is 2. The van der Waals surface area contributed by atoms with Gasteiger partial charge in [-0.2, -0.15) is 0 Å². The van der Waals surface area contributed by atoms with E-state index in [1.807, 2.05) is 52.9 Å². The van der Waals surface area contributed by atoms with E-state index >= 15 is 0 Å². The molecule has 3 heterocycles. The molecule has 1 aliphatic heterocycles. The van der Waals surface area contributed by atoms with Gasteiger partial charge in [0.2, 0.25) is 0 Å². The third-order valence-corrected chi connectivity index (χ3v) is 9.67. The van der Waals surface area contributed by atoms with Crippen molar-refractivity contribution in [3.63, 3.8) is 0 Å². The maximum atomic E-state index is 13.3. The Morgan fingerprint density at radius 2 is 1.81 bits per heavy atom. The second kappa shape index (κ2) is 13.6. The molecule has 5 rings (SSSR count). The first-order valence-electron chi connectivity index (χ1n) is 16.1. The summed E-state index contributed by atoms with van der Waals surface area (Å²) in [4.78, 5) is 39.3. The van der Waals surface area contributed by atoms with E-state index in [2.05, 4.69) is 26.6 Å². The zero-order valence-corrected chi connectivity index (χ0v) is 29.1. The minimum Gasteiger partial charge on any atom is -0.444 e. The molecular formula is C35H46N6O5S. The Hall–Kier alpha value is -4.03. The lowest BCUT2D eigenvalue weighted by atomic mass is 10.0. The fourth-order valence-electron chi connectivity index (χ4n) is 5.87. The fraction of sp³-hybridized carbons (Fsp3) is 0.486. The van der Waals surface area contributed by atoms with Crippen molar-refractivity contribution in [1.29, 1.82) is 0 Å². The van der Waals surface area contributed by atoms with Crippen LogP contribution in [0.15, 0.2) is 53.7 Å². The summed E-state index contributed by atoms with van der Waals surface area (Å²) in [5.74, 6) is 0.533. The molecule has 1 aliphatic carbocycles. The summed E-state index contributed by atoms with van der Waals surface area (Å²) in [6, 6.07) is 10.4. The van der Waals surface area contributed by atoms with E-state index in [1.165, 1.54) is 24.5 Å². The zero-order valence-electron chi connectivity index (χ0n) is 28.3. The molecule has 1 saturated heterocycles. The average Bonchev–Trinajstić information content (AvgIpc) is 3.82. The van der Waals surface area contributed by atoms with Gasteiger partial charge < -0.3 is 20.3 Å². The van der Waals surface area contributed by atoms with Gasteiger partial charge in [0.25, 0.3) is 5.91 Å². The van der Waals surface area contributed by atoms with E-state index in [-0.39, 0.29) is 28.6 Å². The van der Waals surface area contributed by atoms with Crippen LogP contribution in [0.1, 0.15) is 85.2 Å². The second-order valence-corrected chi connectivity index (χ2v) is 15.8. The molecular weight excluding hydrogens is 616 g/mol. The number of anilines is 2. The van der Waals surface area contributed by atoms with Crippen LogP contribution in [0.5, 0.6) is 0 Å². The SMILES string of the molecule is Cc1cc(NC(CN2CCN(C(=O)OC(C)(C)C)[C@H](C)C2)c2ccc(C3CC3)cn2)c(S(C)(=O)=O)cc1C(=O)Nc1ncccc1C.